The zero-order chi connectivity index (χ0) is 24.0. The minimum absolute atomic E-state index is 0.000654. The Morgan fingerprint density at radius 1 is 0.938 bits per heavy atom. The number of hydrogen-bond donors (Lipinski definition) is 1. The molecular formula is C27H36N2O3. The minimum atomic E-state index is -0.772. The number of aliphatic carboxylic acids is 1. The SMILES string of the molecule is CC(C)C(=O)c1c(C(C)C)nn2ccccc12.CC(C)Cc1ccc(C(C)C(=O)O)cc1. The Morgan fingerprint density at radius 3 is 2.06 bits per heavy atom. The lowest BCUT2D eigenvalue weighted by molar-refractivity contribution is -0.138. The van der Waals surface area contributed by atoms with Gasteiger partial charge in [0, 0.05) is 12.1 Å². The summed E-state index contributed by atoms with van der Waals surface area (Å²) in [6.07, 6.45) is 2.93. The zero-order valence-corrected chi connectivity index (χ0v) is 20.3. The van der Waals surface area contributed by atoms with Gasteiger partial charge in [-0.25, -0.2) is 4.52 Å². The van der Waals surface area contributed by atoms with Gasteiger partial charge in [-0.05, 0) is 48.4 Å². The molecule has 5 heteroatoms. The predicted molar refractivity (Wildman–Crippen MR) is 129 cm³/mol. The van der Waals surface area contributed by atoms with Crippen LogP contribution < -0.4 is 0 Å². The molecule has 0 aliphatic heterocycles. The first-order valence-electron chi connectivity index (χ1n) is 11.4. The standard InChI is InChI=1S/C14H18N2O.C13H18O2/c1-9(2)13-12(14(17)10(3)4)11-7-5-6-8-16(11)15-13;1-9(2)8-11-4-6-12(7-5-11)10(3)13(14)15/h5-10H,1-4H3;4-7,9-10H,8H2,1-3H3,(H,14,15). The molecule has 5 nitrogen and oxygen atoms in total. The Hall–Kier alpha value is -2.95. The van der Waals surface area contributed by atoms with Gasteiger partial charge < -0.3 is 5.11 Å². The second-order valence-corrected chi connectivity index (χ2v) is 9.36. The van der Waals surface area contributed by atoms with Crippen molar-refractivity contribution in [3.05, 3.63) is 71.0 Å². The summed E-state index contributed by atoms with van der Waals surface area (Å²) >= 11 is 0. The van der Waals surface area contributed by atoms with Crippen molar-refractivity contribution >= 4 is 17.3 Å². The quantitative estimate of drug-likeness (QED) is 0.437. The first-order valence-corrected chi connectivity index (χ1v) is 11.4. The first kappa shape index (κ1) is 25.3. The number of ketones is 1. The second-order valence-electron chi connectivity index (χ2n) is 9.36. The summed E-state index contributed by atoms with van der Waals surface area (Å²) in [4.78, 5) is 23.1. The van der Waals surface area contributed by atoms with E-state index >= 15 is 0 Å². The van der Waals surface area contributed by atoms with E-state index in [1.807, 2.05) is 62.5 Å². The molecule has 1 aromatic carbocycles. The molecule has 2 heterocycles. The van der Waals surface area contributed by atoms with Gasteiger partial charge in [0.15, 0.2) is 5.78 Å². The number of Topliss-reactive ketones (excluding diaryl/α,β-unsaturated/α-hetero) is 1. The Balaban J connectivity index is 0.000000229. The van der Waals surface area contributed by atoms with Gasteiger partial charge in [0.1, 0.15) is 0 Å². The molecule has 32 heavy (non-hydrogen) atoms. The highest BCUT2D eigenvalue weighted by molar-refractivity contribution is 6.04. The maximum atomic E-state index is 12.3. The summed E-state index contributed by atoms with van der Waals surface area (Å²) in [6, 6.07) is 13.7. The third-order valence-corrected chi connectivity index (χ3v) is 5.38. The average Bonchev–Trinajstić information content (AvgIpc) is 3.13. The smallest absolute Gasteiger partial charge is 0.310 e. The maximum Gasteiger partial charge on any atom is 0.310 e. The van der Waals surface area contributed by atoms with Crippen molar-refractivity contribution in [2.75, 3.05) is 0 Å². The molecule has 3 rings (SSSR count). The Kier molecular flexibility index (Phi) is 8.76. The topological polar surface area (TPSA) is 71.7 Å². The van der Waals surface area contributed by atoms with Crippen LogP contribution in [0.25, 0.3) is 5.52 Å². The van der Waals surface area contributed by atoms with Crippen molar-refractivity contribution in [3.8, 4) is 0 Å². The highest BCUT2D eigenvalue weighted by Crippen LogP contribution is 2.25. The molecule has 0 aliphatic rings. The molecule has 3 aromatic rings. The van der Waals surface area contributed by atoms with E-state index in [1.54, 1.807) is 11.4 Å². The number of carbonyl (C=O) groups is 2. The molecule has 2 aromatic heterocycles. The van der Waals surface area contributed by atoms with Gasteiger partial charge in [-0.15, -0.1) is 0 Å². The van der Waals surface area contributed by atoms with E-state index < -0.39 is 11.9 Å². The number of benzene rings is 1. The molecule has 1 atom stereocenters. The average molecular weight is 437 g/mol. The molecule has 0 fully saturated rings. The molecule has 172 valence electrons. The highest BCUT2D eigenvalue weighted by atomic mass is 16.4. The van der Waals surface area contributed by atoms with Gasteiger partial charge >= 0.3 is 5.97 Å². The largest absolute Gasteiger partial charge is 0.481 e. The number of carboxylic acids is 1. The number of aromatic nitrogens is 2. The lowest BCUT2D eigenvalue weighted by atomic mass is 9.95. The highest BCUT2D eigenvalue weighted by Gasteiger charge is 2.23. The number of hydrogen-bond acceptors (Lipinski definition) is 3. The molecule has 1 unspecified atom stereocenters. The first-order chi connectivity index (χ1) is 15.0. The van der Waals surface area contributed by atoms with Crippen LogP contribution in [0.3, 0.4) is 0 Å². The fourth-order valence-corrected chi connectivity index (χ4v) is 3.52. The second kappa shape index (κ2) is 11.1. The van der Waals surface area contributed by atoms with E-state index in [9.17, 15) is 9.59 Å². The minimum Gasteiger partial charge on any atom is -0.481 e. The third kappa shape index (κ3) is 6.28. The Labute approximate surface area is 191 Å². The summed E-state index contributed by atoms with van der Waals surface area (Å²) in [6.45, 7) is 14.1. The van der Waals surface area contributed by atoms with Gasteiger partial charge in [-0.2, -0.15) is 5.10 Å². The van der Waals surface area contributed by atoms with Crippen LogP contribution in [0.1, 0.15) is 87.5 Å². The van der Waals surface area contributed by atoms with E-state index in [0.717, 1.165) is 28.8 Å². The van der Waals surface area contributed by atoms with E-state index in [4.69, 9.17) is 5.11 Å². The molecule has 1 N–H and O–H groups in total. The van der Waals surface area contributed by atoms with E-state index in [-0.39, 0.29) is 17.6 Å². The van der Waals surface area contributed by atoms with Gasteiger partial charge in [-0.3, -0.25) is 9.59 Å². The van der Waals surface area contributed by atoms with Gasteiger partial charge in [0.05, 0.1) is 22.7 Å². The lowest BCUT2D eigenvalue weighted by Crippen LogP contribution is -2.10. The molecule has 0 bridgehead atoms. The molecule has 0 radical (unpaired) electrons. The summed E-state index contributed by atoms with van der Waals surface area (Å²) in [5, 5.41) is 13.4. The van der Waals surface area contributed by atoms with Crippen LogP contribution in [0, 0.1) is 11.8 Å². The Morgan fingerprint density at radius 2 is 1.56 bits per heavy atom. The van der Waals surface area contributed by atoms with Crippen LogP contribution >= 0.6 is 0 Å². The lowest BCUT2D eigenvalue weighted by Gasteiger charge is -2.09. The van der Waals surface area contributed by atoms with Crippen molar-refractivity contribution in [3.63, 3.8) is 0 Å². The number of carboxylic acid groups (broad SMARTS) is 1. The van der Waals surface area contributed by atoms with Crippen LogP contribution in [-0.2, 0) is 11.2 Å². The molecule has 0 spiro atoms. The fourth-order valence-electron chi connectivity index (χ4n) is 3.52. The van der Waals surface area contributed by atoms with Crippen LogP contribution in [0.2, 0.25) is 0 Å². The van der Waals surface area contributed by atoms with Crippen molar-refractivity contribution in [1.82, 2.24) is 9.61 Å². The maximum absolute atomic E-state index is 12.3. The van der Waals surface area contributed by atoms with Crippen molar-refractivity contribution in [2.24, 2.45) is 11.8 Å². The molecule has 0 amide bonds. The summed E-state index contributed by atoms with van der Waals surface area (Å²) in [5.41, 5.74) is 4.74. The normalized spacial score (nSPS) is 12.2. The zero-order valence-electron chi connectivity index (χ0n) is 20.3. The van der Waals surface area contributed by atoms with E-state index in [1.165, 1.54) is 5.56 Å². The fraction of sp³-hybridized carbons (Fsp3) is 0.444. The van der Waals surface area contributed by atoms with Crippen molar-refractivity contribution < 1.29 is 14.7 Å². The summed E-state index contributed by atoms with van der Waals surface area (Å²) in [7, 11) is 0. The van der Waals surface area contributed by atoms with Gasteiger partial charge in [0.2, 0.25) is 0 Å². The molecule has 0 aliphatic carbocycles. The number of pyridine rings is 1. The number of fused-ring (bicyclic) bond motifs is 1. The van der Waals surface area contributed by atoms with Crippen LogP contribution in [-0.4, -0.2) is 26.5 Å². The van der Waals surface area contributed by atoms with E-state index in [2.05, 4.69) is 32.8 Å². The summed E-state index contributed by atoms with van der Waals surface area (Å²) in [5.74, 6) is -0.124. The van der Waals surface area contributed by atoms with Crippen molar-refractivity contribution in [2.45, 2.75) is 66.7 Å². The van der Waals surface area contributed by atoms with Crippen LogP contribution in [0.15, 0.2) is 48.7 Å². The monoisotopic (exact) mass is 436 g/mol. The third-order valence-electron chi connectivity index (χ3n) is 5.38. The van der Waals surface area contributed by atoms with Gasteiger partial charge in [-0.1, -0.05) is 71.9 Å². The number of carbonyl (C=O) groups excluding carboxylic acids is 1. The van der Waals surface area contributed by atoms with Crippen LogP contribution in [0.4, 0.5) is 0 Å². The van der Waals surface area contributed by atoms with Crippen molar-refractivity contribution in [1.29, 1.82) is 0 Å². The predicted octanol–water partition coefficient (Wildman–Crippen LogP) is 6.37. The summed E-state index contributed by atoms with van der Waals surface area (Å²) < 4.78 is 1.80. The van der Waals surface area contributed by atoms with Crippen LogP contribution in [0.5, 0.6) is 0 Å². The van der Waals surface area contributed by atoms with E-state index in [0.29, 0.717) is 5.92 Å². The Bertz CT molecular complexity index is 1050. The molecular weight excluding hydrogens is 400 g/mol. The molecule has 0 saturated heterocycles. The molecule has 0 saturated carbocycles. The van der Waals surface area contributed by atoms with Gasteiger partial charge in [0.25, 0.3) is 0 Å². The number of rotatable bonds is 7. The number of nitrogens with zero attached hydrogens (tertiary/aromatic N) is 2.